The van der Waals surface area contributed by atoms with Crippen LogP contribution >= 0.6 is 0 Å². The summed E-state index contributed by atoms with van der Waals surface area (Å²) in [5, 5.41) is 0. The molecule has 0 rings (SSSR count). The van der Waals surface area contributed by atoms with Crippen LogP contribution in [0.3, 0.4) is 0 Å². The van der Waals surface area contributed by atoms with Crippen molar-refractivity contribution in [2.75, 3.05) is 26.4 Å². The van der Waals surface area contributed by atoms with Crippen molar-refractivity contribution in [3.63, 3.8) is 0 Å². The van der Waals surface area contributed by atoms with E-state index in [-0.39, 0.29) is 13.2 Å². The number of hydrogen-bond donors (Lipinski definition) is 1. The van der Waals surface area contributed by atoms with Gasteiger partial charge in [-0.15, -0.1) is 0 Å². The molecule has 0 heterocycles. The largest absolute Gasteiger partial charge is 0.397 e. The standard InChI is InChI=1S/C19H40O6S/c1-3-5-7-9-11-13-15-23-17-19(25-26(20,21)22)18-24-16-14-12-10-8-6-4-2/h19H,3-18H2,1-2H3,(H,20,21,22). The molecule has 0 unspecified atom stereocenters. The Labute approximate surface area is 160 Å². The van der Waals surface area contributed by atoms with E-state index in [1.165, 1.54) is 51.4 Å². The molecule has 0 saturated heterocycles. The molecule has 0 saturated carbocycles. The Hall–Kier alpha value is -0.210. The van der Waals surface area contributed by atoms with Crippen molar-refractivity contribution in [1.29, 1.82) is 0 Å². The molecule has 0 aliphatic carbocycles. The van der Waals surface area contributed by atoms with Crippen LogP contribution in [-0.4, -0.2) is 45.5 Å². The van der Waals surface area contributed by atoms with Gasteiger partial charge in [0.2, 0.25) is 0 Å². The summed E-state index contributed by atoms with van der Waals surface area (Å²) >= 11 is 0. The molecule has 7 heteroatoms. The summed E-state index contributed by atoms with van der Waals surface area (Å²) < 4.78 is 46.4. The van der Waals surface area contributed by atoms with E-state index in [0.717, 1.165) is 25.7 Å². The first-order valence-corrected chi connectivity index (χ1v) is 11.7. The topological polar surface area (TPSA) is 82.1 Å². The summed E-state index contributed by atoms with van der Waals surface area (Å²) in [5.41, 5.74) is 0. The summed E-state index contributed by atoms with van der Waals surface area (Å²) in [4.78, 5) is 0. The predicted molar refractivity (Wildman–Crippen MR) is 105 cm³/mol. The summed E-state index contributed by atoms with van der Waals surface area (Å²) in [6.45, 7) is 5.71. The van der Waals surface area contributed by atoms with Gasteiger partial charge in [0.25, 0.3) is 0 Å². The highest BCUT2D eigenvalue weighted by molar-refractivity contribution is 7.80. The van der Waals surface area contributed by atoms with Crippen molar-refractivity contribution in [1.82, 2.24) is 0 Å². The fraction of sp³-hybridized carbons (Fsp3) is 1.00. The molecule has 0 aromatic carbocycles. The molecule has 158 valence electrons. The van der Waals surface area contributed by atoms with Crippen LogP contribution in [0.5, 0.6) is 0 Å². The zero-order valence-electron chi connectivity index (χ0n) is 16.8. The molecule has 0 aliphatic rings. The Bertz CT molecular complexity index is 365. The molecule has 1 N–H and O–H groups in total. The monoisotopic (exact) mass is 396 g/mol. The smallest absolute Gasteiger partial charge is 0.379 e. The van der Waals surface area contributed by atoms with Crippen molar-refractivity contribution in [2.45, 2.75) is 97.0 Å². The number of hydrogen-bond acceptors (Lipinski definition) is 5. The summed E-state index contributed by atoms with van der Waals surface area (Å²) in [7, 11) is -4.50. The minimum absolute atomic E-state index is 0.102. The molecule has 0 aromatic rings. The lowest BCUT2D eigenvalue weighted by Gasteiger charge is -2.16. The van der Waals surface area contributed by atoms with Gasteiger partial charge in [-0.3, -0.25) is 4.55 Å². The van der Waals surface area contributed by atoms with Crippen molar-refractivity contribution >= 4 is 10.4 Å². The lowest BCUT2D eigenvalue weighted by atomic mass is 10.1. The molecule has 0 bridgehead atoms. The first kappa shape index (κ1) is 25.8. The van der Waals surface area contributed by atoms with Gasteiger partial charge in [-0.2, -0.15) is 8.42 Å². The van der Waals surface area contributed by atoms with E-state index in [1.54, 1.807) is 0 Å². The van der Waals surface area contributed by atoms with Crippen molar-refractivity contribution in [2.24, 2.45) is 0 Å². The molecule has 0 aromatic heterocycles. The third kappa shape index (κ3) is 20.1. The highest BCUT2D eigenvalue weighted by Crippen LogP contribution is 2.07. The quantitative estimate of drug-likeness (QED) is 0.232. The van der Waals surface area contributed by atoms with Gasteiger partial charge in [-0.1, -0.05) is 78.1 Å². The second-order valence-corrected chi connectivity index (χ2v) is 7.88. The molecule has 0 atom stereocenters. The Kier molecular flexibility index (Phi) is 18.0. The van der Waals surface area contributed by atoms with E-state index in [9.17, 15) is 8.42 Å². The van der Waals surface area contributed by atoms with E-state index >= 15 is 0 Å². The van der Waals surface area contributed by atoms with Crippen LogP contribution in [0, 0.1) is 0 Å². The maximum Gasteiger partial charge on any atom is 0.397 e. The zero-order valence-corrected chi connectivity index (χ0v) is 17.6. The fourth-order valence-electron chi connectivity index (χ4n) is 2.67. The number of unbranched alkanes of at least 4 members (excludes halogenated alkanes) is 10. The van der Waals surface area contributed by atoms with Crippen LogP contribution in [-0.2, 0) is 24.1 Å². The molecule has 0 aliphatic heterocycles. The van der Waals surface area contributed by atoms with E-state index in [0.29, 0.717) is 13.2 Å². The third-order valence-corrected chi connectivity index (χ3v) is 4.66. The first-order chi connectivity index (χ1) is 12.5. The summed E-state index contributed by atoms with van der Waals surface area (Å²) in [5.74, 6) is 0. The Morgan fingerprint density at radius 2 is 1.08 bits per heavy atom. The molecule has 26 heavy (non-hydrogen) atoms. The summed E-state index contributed by atoms with van der Waals surface area (Å²) in [6.07, 6.45) is 13.2. The normalized spacial score (nSPS) is 12.2. The van der Waals surface area contributed by atoms with Gasteiger partial charge in [0.1, 0.15) is 6.10 Å². The van der Waals surface area contributed by atoms with Gasteiger partial charge < -0.3 is 9.47 Å². The lowest BCUT2D eigenvalue weighted by Crippen LogP contribution is -2.28. The molecule has 0 fully saturated rings. The number of ether oxygens (including phenoxy) is 2. The van der Waals surface area contributed by atoms with Gasteiger partial charge in [-0.05, 0) is 12.8 Å². The SMILES string of the molecule is CCCCCCCCOCC(COCCCCCCCC)OS(=O)(=O)O. The molecular weight excluding hydrogens is 356 g/mol. The molecule has 0 spiro atoms. The average Bonchev–Trinajstić information content (AvgIpc) is 2.58. The van der Waals surface area contributed by atoms with E-state index in [4.69, 9.17) is 14.0 Å². The van der Waals surface area contributed by atoms with Gasteiger partial charge in [0.05, 0.1) is 13.2 Å². The van der Waals surface area contributed by atoms with E-state index < -0.39 is 16.5 Å². The zero-order chi connectivity index (χ0) is 19.5. The minimum atomic E-state index is -4.50. The lowest BCUT2D eigenvalue weighted by molar-refractivity contribution is -0.00944. The maximum absolute atomic E-state index is 10.9. The second-order valence-electron chi connectivity index (χ2n) is 6.83. The van der Waals surface area contributed by atoms with Crippen molar-refractivity contribution in [3.05, 3.63) is 0 Å². The predicted octanol–water partition coefficient (Wildman–Crippen LogP) is 4.93. The third-order valence-electron chi connectivity index (χ3n) is 4.15. The highest BCUT2D eigenvalue weighted by Gasteiger charge is 2.17. The maximum atomic E-state index is 10.9. The van der Waals surface area contributed by atoms with Crippen LogP contribution in [0.1, 0.15) is 90.9 Å². The number of rotatable bonds is 20. The van der Waals surface area contributed by atoms with Crippen LogP contribution < -0.4 is 0 Å². The molecular formula is C19H40O6S. The van der Waals surface area contributed by atoms with E-state index in [2.05, 4.69) is 18.0 Å². The Morgan fingerprint density at radius 3 is 1.46 bits per heavy atom. The van der Waals surface area contributed by atoms with Gasteiger partial charge in [0, 0.05) is 13.2 Å². The summed E-state index contributed by atoms with van der Waals surface area (Å²) in [6, 6.07) is 0. The van der Waals surface area contributed by atoms with Crippen molar-refractivity contribution < 1.29 is 26.6 Å². The van der Waals surface area contributed by atoms with Gasteiger partial charge in [-0.25, -0.2) is 4.18 Å². The fourth-order valence-corrected chi connectivity index (χ4v) is 3.13. The molecule has 6 nitrogen and oxygen atoms in total. The molecule has 0 radical (unpaired) electrons. The van der Waals surface area contributed by atoms with E-state index in [1.807, 2.05) is 0 Å². The van der Waals surface area contributed by atoms with Gasteiger partial charge >= 0.3 is 10.4 Å². The second kappa shape index (κ2) is 18.2. The minimum Gasteiger partial charge on any atom is -0.379 e. The van der Waals surface area contributed by atoms with Crippen LogP contribution in [0.15, 0.2) is 0 Å². The Morgan fingerprint density at radius 1 is 0.692 bits per heavy atom. The van der Waals surface area contributed by atoms with Crippen molar-refractivity contribution in [3.8, 4) is 0 Å². The molecule has 0 amide bonds. The van der Waals surface area contributed by atoms with Gasteiger partial charge in [0.15, 0.2) is 0 Å². The van der Waals surface area contributed by atoms with Crippen LogP contribution in [0.4, 0.5) is 0 Å². The van der Waals surface area contributed by atoms with Crippen LogP contribution in [0.25, 0.3) is 0 Å². The Balaban J connectivity index is 3.78. The highest BCUT2D eigenvalue weighted by atomic mass is 32.3. The first-order valence-electron chi connectivity index (χ1n) is 10.3. The van der Waals surface area contributed by atoms with Crippen LogP contribution in [0.2, 0.25) is 0 Å². The average molecular weight is 397 g/mol.